The fourth-order valence-corrected chi connectivity index (χ4v) is 2.09. The fraction of sp³-hybridized carbons (Fsp3) is 1.00. The van der Waals surface area contributed by atoms with Gasteiger partial charge < -0.3 is 0 Å². The van der Waals surface area contributed by atoms with Crippen LogP contribution in [-0.4, -0.2) is 19.0 Å². The Morgan fingerprint density at radius 3 is 2.08 bits per heavy atom. The molecule has 74 valence electrons. The number of hydrogen-bond donors (Lipinski definition) is 2. The van der Waals surface area contributed by atoms with Gasteiger partial charge in [-0.2, -0.15) is 13.1 Å². The lowest BCUT2D eigenvalue weighted by Gasteiger charge is -2.20. The maximum atomic E-state index is 10.3. The molecule has 0 aromatic carbocycles. The molecule has 12 heavy (non-hydrogen) atoms. The van der Waals surface area contributed by atoms with E-state index in [1.165, 1.54) is 6.42 Å². The van der Waals surface area contributed by atoms with Gasteiger partial charge in [-0.05, 0) is 12.8 Å². The van der Waals surface area contributed by atoms with E-state index in [2.05, 4.69) is 4.72 Å². The summed E-state index contributed by atoms with van der Waals surface area (Å²) in [6.07, 6.45) is 4.96. The van der Waals surface area contributed by atoms with Gasteiger partial charge in [-0.3, -0.25) is 4.55 Å². The quantitative estimate of drug-likeness (QED) is 0.679. The van der Waals surface area contributed by atoms with Crippen LogP contribution in [0.15, 0.2) is 0 Å². The third-order valence-electron chi connectivity index (χ3n) is 1.92. The van der Waals surface area contributed by atoms with Crippen LogP contribution in [0.25, 0.3) is 0 Å². The van der Waals surface area contributed by atoms with Gasteiger partial charge in [-0.25, -0.2) is 0 Å². The predicted octanol–water partition coefficient (Wildman–Crippen LogP) is 1.13. The summed E-state index contributed by atoms with van der Waals surface area (Å²) in [7, 11) is -3.97. The third-order valence-corrected chi connectivity index (χ3v) is 2.55. The third kappa shape index (κ3) is 4.92. The molecule has 0 radical (unpaired) electrons. The number of rotatable bonds is 2. The molecule has 0 unspecified atom stereocenters. The van der Waals surface area contributed by atoms with E-state index in [4.69, 9.17) is 4.55 Å². The molecular weight excluding hydrogens is 202 g/mol. The highest BCUT2D eigenvalue weighted by molar-refractivity contribution is 7.83. The van der Waals surface area contributed by atoms with E-state index in [-0.39, 0.29) is 18.4 Å². The molecule has 1 aliphatic rings. The van der Waals surface area contributed by atoms with Crippen LogP contribution in [0.1, 0.15) is 32.1 Å². The lowest BCUT2D eigenvalue weighted by molar-refractivity contribution is 0.389. The van der Waals surface area contributed by atoms with Crippen LogP contribution in [0.3, 0.4) is 0 Å². The molecule has 0 aromatic heterocycles. The number of halogens is 1. The first-order valence-corrected chi connectivity index (χ1v) is 5.27. The van der Waals surface area contributed by atoms with Crippen LogP contribution in [0.5, 0.6) is 0 Å². The van der Waals surface area contributed by atoms with Crippen LogP contribution in [0.2, 0.25) is 0 Å². The van der Waals surface area contributed by atoms with Crippen LogP contribution in [0.4, 0.5) is 0 Å². The molecule has 6 heteroatoms. The summed E-state index contributed by atoms with van der Waals surface area (Å²) >= 11 is 0. The van der Waals surface area contributed by atoms with Crippen molar-refractivity contribution in [3.05, 3.63) is 0 Å². The number of hydrogen-bond acceptors (Lipinski definition) is 2. The highest BCUT2D eigenvalue weighted by Crippen LogP contribution is 2.17. The minimum absolute atomic E-state index is 0. The SMILES string of the molecule is Cl.O=S(=O)(O)NC1CCCCC1. The molecule has 0 heterocycles. The Labute approximate surface area is 79.0 Å². The second kappa shape index (κ2) is 5.01. The van der Waals surface area contributed by atoms with E-state index in [1.807, 2.05) is 0 Å². The van der Waals surface area contributed by atoms with E-state index < -0.39 is 10.3 Å². The molecule has 0 spiro atoms. The van der Waals surface area contributed by atoms with Gasteiger partial charge in [0.2, 0.25) is 0 Å². The van der Waals surface area contributed by atoms with E-state index >= 15 is 0 Å². The van der Waals surface area contributed by atoms with E-state index in [1.54, 1.807) is 0 Å². The molecule has 0 saturated heterocycles. The van der Waals surface area contributed by atoms with Gasteiger partial charge >= 0.3 is 10.3 Å². The summed E-state index contributed by atoms with van der Waals surface area (Å²) in [6, 6.07) is -0.0428. The fourth-order valence-electron chi connectivity index (χ4n) is 1.43. The van der Waals surface area contributed by atoms with Crippen molar-refractivity contribution in [3.8, 4) is 0 Å². The summed E-state index contributed by atoms with van der Waals surface area (Å²) in [5, 5.41) is 0. The van der Waals surface area contributed by atoms with E-state index in [0.29, 0.717) is 0 Å². The normalized spacial score (nSPS) is 20.1. The van der Waals surface area contributed by atoms with Gasteiger partial charge in [0.1, 0.15) is 0 Å². The zero-order valence-electron chi connectivity index (χ0n) is 6.69. The van der Waals surface area contributed by atoms with Crippen molar-refractivity contribution in [2.75, 3.05) is 0 Å². The van der Waals surface area contributed by atoms with Crippen molar-refractivity contribution in [1.29, 1.82) is 0 Å². The smallest absolute Gasteiger partial charge is 0.273 e. The van der Waals surface area contributed by atoms with Crippen LogP contribution < -0.4 is 4.72 Å². The maximum Gasteiger partial charge on any atom is 0.333 e. The van der Waals surface area contributed by atoms with E-state index in [9.17, 15) is 8.42 Å². The Balaban J connectivity index is 0.00000121. The Hall–Kier alpha value is 0.160. The topological polar surface area (TPSA) is 66.4 Å². The zero-order valence-corrected chi connectivity index (χ0v) is 8.33. The Kier molecular flexibility index (Phi) is 5.08. The van der Waals surface area contributed by atoms with Gasteiger partial charge in [-0.1, -0.05) is 19.3 Å². The first kappa shape index (κ1) is 12.2. The largest absolute Gasteiger partial charge is 0.333 e. The second-order valence-corrected chi connectivity index (χ2v) is 4.11. The molecule has 2 N–H and O–H groups in total. The molecule has 0 aliphatic heterocycles. The van der Waals surface area contributed by atoms with Crippen LogP contribution in [0, 0.1) is 0 Å². The monoisotopic (exact) mass is 215 g/mol. The van der Waals surface area contributed by atoms with Gasteiger partial charge in [0.25, 0.3) is 0 Å². The molecular formula is C6H14ClNO3S. The average Bonchev–Trinajstić information content (AvgIpc) is 1.85. The summed E-state index contributed by atoms with van der Waals surface area (Å²) in [5.74, 6) is 0. The van der Waals surface area contributed by atoms with Gasteiger partial charge in [0, 0.05) is 6.04 Å². The second-order valence-electron chi connectivity index (χ2n) is 2.93. The minimum atomic E-state index is -3.97. The standard InChI is InChI=1S/C6H13NO3S.ClH/c8-11(9,10)7-6-4-2-1-3-5-6;/h6-7H,1-5H2,(H,8,9,10);1H. The summed E-state index contributed by atoms with van der Waals surface area (Å²) < 4.78 is 31.3. The molecule has 0 atom stereocenters. The van der Waals surface area contributed by atoms with Crippen LogP contribution in [-0.2, 0) is 10.3 Å². The van der Waals surface area contributed by atoms with E-state index in [0.717, 1.165) is 25.7 Å². The van der Waals surface area contributed by atoms with Crippen molar-refractivity contribution in [2.45, 2.75) is 38.1 Å². The molecule has 0 bridgehead atoms. The number of nitrogens with one attached hydrogen (secondary N) is 1. The predicted molar refractivity (Wildman–Crippen MR) is 48.8 cm³/mol. The molecule has 0 amide bonds. The van der Waals surface area contributed by atoms with Crippen molar-refractivity contribution in [3.63, 3.8) is 0 Å². The lowest BCUT2D eigenvalue weighted by atomic mass is 9.96. The molecule has 1 fully saturated rings. The maximum absolute atomic E-state index is 10.3. The zero-order chi connectivity index (χ0) is 8.32. The van der Waals surface area contributed by atoms with Gasteiger partial charge in [0.15, 0.2) is 0 Å². The van der Waals surface area contributed by atoms with Crippen molar-refractivity contribution < 1.29 is 13.0 Å². The summed E-state index contributed by atoms with van der Waals surface area (Å²) in [5.41, 5.74) is 0. The lowest BCUT2D eigenvalue weighted by Crippen LogP contribution is -2.35. The first-order chi connectivity index (χ1) is 5.08. The first-order valence-electron chi connectivity index (χ1n) is 3.83. The van der Waals surface area contributed by atoms with Crippen molar-refractivity contribution >= 4 is 22.7 Å². The Morgan fingerprint density at radius 1 is 1.17 bits per heavy atom. The van der Waals surface area contributed by atoms with Crippen molar-refractivity contribution in [1.82, 2.24) is 4.72 Å². The minimum Gasteiger partial charge on any atom is -0.273 e. The van der Waals surface area contributed by atoms with Gasteiger partial charge in [-0.15, -0.1) is 12.4 Å². The molecule has 0 aromatic rings. The summed E-state index contributed by atoms with van der Waals surface area (Å²) in [6.45, 7) is 0. The highest BCUT2D eigenvalue weighted by atomic mass is 35.5. The molecule has 1 aliphatic carbocycles. The average molecular weight is 216 g/mol. The summed E-state index contributed by atoms with van der Waals surface area (Å²) in [4.78, 5) is 0. The Bertz CT molecular complexity index is 211. The Morgan fingerprint density at radius 2 is 1.67 bits per heavy atom. The van der Waals surface area contributed by atoms with Crippen molar-refractivity contribution in [2.24, 2.45) is 0 Å². The van der Waals surface area contributed by atoms with Crippen LogP contribution >= 0.6 is 12.4 Å². The highest BCUT2D eigenvalue weighted by Gasteiger charge is 2.17. The van der Waals surface area contributed by atoms with Gasteiger partial charge in [0.05, 0.1) is 0 Å². The molecule has 1 rings (SSSR count). The molecule has 1 saturated carbocycles. The molecule has 4 nitrogen and oxygen atoms in total.